The van der Waals surface area contributed by atoms with E-state index in [-0.39, 0.29) is 5.92 Å². The van der Waals surface area contributed by atoms with E-state index in [1.165, 1.54) is 24.9 Å². The monoisotopic (exact) mass is 385 g/mol. The van der Waals surface area contributed by atoms with Gasteiger partial charge in [0.15, 0.2) is 5.82 Å². The molecule has 2 aliphatic rings. The van der Waals surface area contributed by atoms with Crippen LogP contribution in [0.2, 0.25) is 0 Å². The lowest BCUT2D eigenvalue weighted by Gasteiger charge is -2.30. The number of piperidine rings is 2. The highest BCUT2D eigenvalue weighted by molar-refractivity contribution is 5.45. The largest absolute Gasteiger partial charge is 0.477 e. The molecule has 0 atom stereocenters. The van der Waals surface area contributed by atoms with Crippen LogP contribution in [0.1, 0.15) is 57.7 Å². The van der Waals surface area contributed by atoms with Crippen LogP contribution in [0.4, 0.5) is 11.7 Å². The first-order valence-electron chi connectivity index (χ1n) is 10.6. The lowest BCUT2D eigenvalue weighted by Crippen LogP contribution is -2.35. The normalized spacial score (nSPS) is 18.7. The maximum atomic E-state index is 5.96. The summed E-state index contributed by atoms with van der Waals surface area (Å²) in [6.07, 6.45) is 7.97. The van der Waals surface area contributed by atoms with E-state index >= 15 is 0 Å². The van der Waals surface area contributed by atoms with Gasteiger partial charge in [-0.1, -0.05) is 19.0 Å². The SMILES string of the molecule is CC(C)c1noc(N2CCC(COc3ccc(N4CCCCC4)cn3)CC2)n1. The number of pyridine rings is 1. The molecule has 0 aliphatic carbocycles. The molecule has 2 aromatic rings. The molecule has 4 rings (SSSR count). The molecule has 0 unspecified atom stereocenters. The maximum absolute atomic E-state index is 5.96. The van der Waals surface area contributed by atoms with Crippen molar-refractivity contribution < 1.29 is 9.26 Å². The maximum Gasteiger partial charge on any atom is 0.324 e. The van der Waals surface area contributed by atoms with Crippen molar-refractivity contribution in [1.29, 1.82) is 0 Å². The molecule has 4 heterocycles. The fraction of sp³-hybridized carbons (Fsp3) is 0.667. The molecular formula is C21H31N5O2. The van der Waals surface area contributed by atoms with E-state index in [9.17, 15) is 0 Å². The van der Waals surface area contributed by atoms with E-state index in [2.05, 4.69) is 44.8 Å². The Hall–Kier alpha value is -2.31. The minimum atomic E-state index is 0.289. The number of nitrogens with zero attached hydrogens (tertiary/aromatic N) is 5. The minimum absolute atomic E-state index is 0.289. The molecule has 2 fully saturated rings. The summed E-state index contributed by atoms with van der Waals surface area (Å²) in [5.41, 5.74) is 1.21. The second kappa shape index (κ2) is 8.80. The Labute approximate surface area is 167 Å². The van der Waals surface area contributed by atoms with E-state index < -0.39 is 0 Å². The van der Waals surface area contributed by atoms with Crippen molar-refractivity contribution in [1.82, 2.24) is 15.1 Å². The average molecular weight is 386 g/mol. The van der Waals surface area contributed by atoms with Gasteiger partial charge in [-0.3, -0.25) is 0 Å². The summed E-state index contributed by atoms with van der Waals surface area (Å²) < 4.78 is 11.4. The smallest absolute Gasteiger partial charge is 0.324 e. The molecule has 0 aromatic carbocycles. The number of rotatable bonds is 6. The van der Waals surface area contributed by atoms with Gasteiger partial charge in [0, 0.05) is 38.2 Å². The summed E-state index contributed by atoms with van der Waals surface area (Å²) in [4.78, 5) is 13.6. The number of anilines is 2. The molecule has 2 saturated heterocycles. The van der Waals surface area contributed by atoms with Crippen LogP contribution in [0, 0.1) is 5.92 Å². The molecule has 7 heteroatoms. The van der Waals surface area contributed by atoms with Gasteiger partial charge in [0.2, 0.25) is 5.88 Å². The Bertz CT molecular complexity index is 732. The summed E-state index contributed by atoms with van der Waals surface area (Å²) in [7, 11) is 0. The second-order valence-electron chi connectivity index (χ2n) is 8.23. The highest BCUT2D eigenvalue weighted by atomic mass is 16.5. The first kappa shape index (κ1) is 19.0. The third-order valence-corrected chi connectivity index (χ3v) is 5.74. The predicted molar refractivity (Wildman–Crippen MR) is 109 cm³/mol. The summed E-state index contributed by atoms with van der Waals surface area (Å²) in [5.74, 6) is 2.32. The molecule has 0 N–H and O–H groups in total. The quantitative estimate of drug-likeness (QED) is 0.747. The highest BCUT2D eigenvalue weighted by Gasteiger charge is 2.24. The zero-order chi connectivity index (χ0) is 19.3. The zero-order valence-electron chi connectivity index (χ0n) is 17.0. The Balaban J connectivity index is 1.22. The van der Waals surface area contributed by atoms with Crippen molar-refractivity contribution in [3.05, 3.63) is 24.2 Å². The van der Waals surface area contributed by atoms with Crippen molar-refractivity contribution in [3.8, 4) is 5.88 Å². The first-order chi connectivity index (χ1) is 13.7. The topological polar surface area (TPSA) is 67.5 Å². The van der Waals surface area contributed by atoms with Crippen molar-refractivity contribution in [2.45, 2.75) is 51.9 Å². The number of ether oxygens (including phenoxy) is 1. The fourth-order valence-corrected chi connectivity index (χ4v) is 3.88. The third-order valence-electron chi connectivity index (χ3n) is 5.74. The predicted octanol–water partition coefficient (Wildman–Crippen LogP) is 3.87. The van der Waals surface area contributed by atoms with E-state index in [0.29, 0.717) is 18.5 Å². The molecule has 7 nitrogen and oxygen atoms in total. The van der Waals surface area contributed by atoms with Gasteiger partial charge in [-0.2, -0.15) is 4.98 Å². The number of hydrogen-bond acceptors (Lipinski definition) is 7. The standard InChI is InChI=1S/C21H31N5O2/c1-16(2)20-23-21(28-24-20)26-12-8-17(9-13-26)15-27-19-7-6-18(14-22-19)25-10-4-3-5-11-25/h6-7,14,16-17H,3-5,8-13,15H2,1-2H3. The van der Waals surface area contributed by atoms with Gasteiger partial charge in [-0.05, 0) is 44.1 Å². The van der Waals surface area contributed by atoms with Crippen LogP contribution in [0.25, 0.3) is 0 Å². The van der Waals surface area contributed by atoms with E-state index in [4.69, 9.17) is 9.26 Å². The van der Waals surface area contributed by atoms with Crippen LogP contribution >= 0.6 is 0 Å². The minimum Gasteiger partial charge on any atom is -0.477 e. The summed E-state index contributed by atoms with van der Waals surface area (Å²) in [6.45, 7) is 8.99. The molecule has 0 spiro atoms. The van der Waals surface area contributed by atoms with Gasteiger partial charge < -0.3 is 19.1 Å². The molecule has 0 amide bonds. The summed E-state index contributed by atoms with van der Waals surface area (Å²) >= 11 is 0. The average Bonchev–Trinajstić information content (AvgIpc) is 3.24. The van der Waals surface area contributed by atoms with Gasteiger partial charge in [0.25, 0.3) is 0 Å². The van der Waals surface area contributed by atoms with E-state index in [1.807, 2.05) is 12.3 Å². The van der Waals surface area contributed by atoms with Crippen molar-refractivity contribution >= 4 is 11.7 Å². The summed E-state index contributed by atoms with van der Waals surface area (Å²) in [5, 5.41) is 4.06. The van der Waals surface area contributed by atoms with Crippen LogP contribution in [0.15, 0.2) is 22.9 Å². The molecule has 2 aliphatic heterocycles. The molecule has 28 heavy (non-hydrogen) atoms. The van der Waals surface area contributed by atoms with Crippen molar-refractivity contribution in [2.75, 3.05) is 42.6 Å². The zero-order valence-corrected chi connectivity index (χ0v) is 17.0. The van der Waals surface area contributed by atoms with Crippen LogP contribution in [0.5, 0.6) is 5.88 Å². The van der Waals surface area contributed by atoms with Crippen molar-refractivity contribution in [3.63, 3.8) is 0 Å². The first-order valence-corrected chi connectivity index (χ1v) is 10.6. The van der Waals surface area contributed by atoms with Gasteiger partial charge in [-0.15, -0.1) is 0 Å². The Kier molecular flexibility index (Phi) is 5.98. The van der Waals surface area contributed by atoms with Crippen LogP contribution in [-0.4, -0.2) is 47.9 Å². The second-order valence-corrected chi connectivity index (χ2v) is 8.23. The van der Waals surface area contributed by atoms with Crippen LogP contribution < -0.4 is 14.5 Å². The molecule has 0 saturated carbocycles. The van der Waals surface area contributed by atoms with Gasteiger partial charge >= 0.3 is 6.01 Å². The van der Waals surface area contributed by atoms with Crippen molar-refractivity contribution in [2.24, 2.45) is 5.92 Å². The molecule has 2 aromatic heterocycles. The summed E-state index contributed by atoms with van der Waals surface area (Å²) in [6, 6.07) is 4.79. The Morgan fingerprint density at radius 1 is 1.07 bits per heavy atom. The molecule has 152 valence electrons. The third kappa shape index (κ3) is 4.56. The highest BCUT2D eigenvalue weighted by Crippen LogP contribution is 2.25. The van der Waals surface area contributed by atoms with E-state index in [0.717, 1.165) is 50.7 Å². The lowest BCUT2D eigenvalue weighted by atomic mass is 9.98. The van der Waals surface area contributed by atoms with Crippen LogP contribution in [-0.2, 0) is 0 Å². The molecular weight excluding hydrogens is 354 g/mol. The van der Waals surface area contributed by atoms with Crippen LogP contribution in [0.3, 0.4) is 0 Å². The van der Waals surface area contributed by atoms with E-state index in [1.54, 1.807) is 0 Å². The lowest BCUT2D eigenvalue weighted by molar-refractivity contribution is 0.213. The van der Waals surface area contributed by atoms with Gasteiger partial charge in [0.1, 0.15) is 0 Å². The fourth-order valence-electron chi connectivity index (χ4n) is 3.88. The number of hydrogen-bond donors (Lipinski definition) is 0. The van der Waals surface area contributed by atoms with Gasteiger partial charge in [0.05, 0.1) is 18.5 Å². The number of aromatic nitrogens is 3. The molecule has 0 radical (unpaired) electrons. The Morgan fingerprint density at radius 3 is 2.50 bits per heavy atom. The molecule has 0 bridgehead atoms. The van der Waals surface area contributed by atoms with Gasteiger partial charge in [-0.25, -0.2) is 4.98 Å². The Morgan fingerprint density at radius 2 is 1.86 bits per heavy atom.